The molecule has 4 rings (SSSR count). The molecule has 1 amide bonds. The maximum Gasteiger partial charge on any atom is 0.234 e. The molecule has 2 atom stereocenters. The molecule has 6 nitrogen and oxygen atoms in total. The van der Waals surface area contributed by atoms with Gasteiger partial charge in [-0.25, -0.2) is 8.42 Å². The first-order chi connectivity index (χ1) is 13.8. The first-order valence-electron chi connectivity index (χ1n) is 8.82. The van der Waals surface area contributed by atoms with Crippen LogP contribution in [0.25, 0.3) is 0 Å². The Morgan fingerprint density at radius 1 is 1.14 bits per heavy atom. The number of nitrogens with one attached hydrogen (secondary N) is 1. The predicted molar refractivity (Wildman–Crippen MR) is 120 cm³/mol. The van der Waals surface area contributed by atoms with Crippen molar-refractivity contribution in [2.45, 2.75) is 12.1 Å². The van der Waals surface area contributed by atoms with Crippen molar-refractivity contribution in [2.75, 3.05) is 27.5 Å². The first kappa shape index (κ1) is 20.5. The number of nitrogens with zero attached hydrogens (tertiary/aromatic N) is 2. The molecule has 2 aliphatic rings. The van der Waals surface area contributed by atoms with Crippen LogP contribution in [0.1, 0.15) is 0 Å². The van der Waals surface area contributed by atoms with Gasteiger partial charge in [0.15, 0.2) is 15.0 Å². The number of sulfone groups is 1. The van der Waals surface area contributed by atoms with Crippen molar-refractivity contribution in [1.29, 1.82) is 0 Å². The van der Waals surface area contributed by atoms with Crippen molar-refractivity contribution in [1.82, 2.24) is 0 Å². The molecule has 0 saturated carbocycles. The third-order valence-corrected chi connectivity index (χ3v) is 7.81. The molecule has 0 radical (unpaired) electrons. The number of hydrogen-bond acceptors (Lipinski definition) is 6. The number of benzene rings is 2. The van der Waals surface area contributed by atoms with Gasteiger partial charge < -0.3 is 10.2 Å². The Bertz CT molecular complexity index is 1070. The summed E-state index contributed by atoms with van der Waals surface area (Å²) in [7, 11) is -3.13. The first-order valence-corrected chi connectivity index (χ1v) is 12.4. The summed E-state index contributed by atoms with van der Waals surface area (Å²) in [5, 5.41) is 4.57. The van der Waals surface area contributed by atoms with E-state index >= 15 is 0 Å². The molecule has 0 bridgehead atoms. The number of amidine groups is 1. The number of halogens is 2. The highest BCUT2D eigenvalue weighted by molar-refractivity contribution is 8.14. The highest BCUT2D eigenvalue weighted by atomic mass is 35.5. The smallest absolute Gasteiger partial charge is 0.234 e. The van der Waals surface area contributed by atoms with Crippen LogP contribution in [-0.4, -0.2) is 48.8 Å². The fourth-order valence-corrected chi connectivity index (χ4v) is 6.51. The van der Waals surface area contributed by atoms with Gasteiger partial charge in [0.1, 0.15) is 0 Å². The Balaban J connectivity index is 1.50. The van der Waals surface area contributed by atoms with Crippen LogP contribution in [0, 0.1) is 0 Å². The van der Waals surface area contributed by atoms with E-state index in [0.29, 0.717) is 20.9 Å². The van der Waals surface area contributed by atoms with Gasteiger partial charge in [-0.3, -0.25) is 9.79 Å². The van der Waals surface area contributed by atoms with Crippen molar-refractivity contribution in [3.63, 3.8) is 0 Å². The number of anilines is 2. The van der Waals surface area contributed by atoms with Gasteiger partial charge in [-0.05, 0) is 42.5 Å². The average Bonchev–Trinajstić information content (AvgIpc) is 3.12. The van der Waals surface area contributed by atoms with E-state index in [2.05, 4.69) is 10.3 Å². The van der Waals surface area contributed by atoms with Crippen LogP contribution in [0.3, 0.4) is 0 Å². The number of rotatable bonds is 4. The Kier molecular flexibility index (Phi) is 5.79. The van der Waals surface area contributed by atoms with Crippen molar-refractivity contribution >= 4 is 67.3 Å². The van der Waals surface area contributed by atoms with Crippen LogP contribution < -0.4 is 10.2 Å². The summed E-state index contributed by atoms with van der Waals surface area (Å²) in [6.07, 6.45) is 0. The summed E-state index contributed by atoms with van der Waals surface area (Å²) < 4.78 is 24.2. The molecule has 2 unspecified atom stereocenters. The van der Waals surface area contributed by atoms with Crippen molar-refractivity contribution in [2.24, 2.45) is 4.99 Å². The van der Waals surface area contributed by atoms with Crippen LogP contribution in [-0.2, 0) is 14.6 Å². The lowest BCUT2D eigenvalue weighted by molar-refractivity contribution is -0.113. The van der Waals surface area contributed by atoms with E-state index < -0.39 is 9.84 Å². The van der Waals surface area contributed by atoms with Crippen LogP contribution >= 0.6 is 35.0 Å². The molecule has 10 heteroatoms. The zero-order valence-corrected chi connectivity index (χ0v) is 18.2. The van der Waals surface area contributed by atoms with E-state index in [4.69, 9.17) is 23.2 Å². The number of carbonyl (C=O) groups excluding carboxylic acids is 1. The fraction of sp³-hybridized carbons (Fsp3) is 0.263. The van der Waals surface area contributed by atoms with E-state index in [1.54, 1.807) is 36.4 Å². The zero-order chi connectivity index (χ0) is 20.6. The number of fused-ring (bicyclic) bond motifs is 1. The van der Waals surface area contributed by atoms with E-state index in [1.807, 2.05) is 17.0 Å². The lowest BCUT2D eigenvalue weighted by Crippen LogP contribution is -2.39. The number of aliphatic imine (C=N–C) groups is 1. The van der Waals surface area contributed by atoms with Crippen molar-refractivity contribution in [3.05, 3.63) is 58.6 Å². The molecule has 152 valence electrons. The molecular weight excluding hydrogens is 453 g/mol. The normalized spacial score (nSPS) is 22.3. The van der Waals surface area contributed by atoms with Crippen LogP contribution in [0.2, 0.25) is 10.0 Å². The van der Waals surface area contributed by atoms with Gasteiger partial charge in [0.05, 0.1) is 29.3 Å². The predicted octanol–water partition coefficient (Wildman–Crippen LogP) is 3.71. The minimum Gasteiger partial charge on any atom is -0.325 e. The zero-order valence-electron chi connectivity index (χ0n) is 15.1. The van der Waals surface area contributed by atoms with Gasteiger partial charge in [0.2, 0.25) is 5.91 Å². The molecule has 1 saturated heterocycles. The van der Waals surface area contributed by atoms with Crippen LogP contribution in [0.5, 0.6) is 0 Å². The number of carbonyl (C=O) groups is 1. The summed E-state index contributed by atoms with van der Waals surface area (Å²) in [5.41, 5.74) is 1.43. The Morgan fingerprint density at radius 3 is 2.62 bits per heavy atom. The molecule has 2 aromatic carbocycles. The second-order valence-electron chi connectivity index (χ2n) is 6.82. The fourth-order valence-electron chi connectivity index (χ4n) is 3.43. The van der Waals surface area contributed by atoms with E-state index in [9.17, 15) is 13.2 Å². The summed E-state index contributed by atoms with van der Waals surface area (Å²) >= 11 is 13.2. The van der Waals surface area contributed by atoms with Gasteiger partial charge in [0.25, 0.3) is 0 Å². The van der Waals surface area contributed by atoms with E-state index in [1.165, 1.54) is 11.8 Å². The minimum atomic E-state index is -3.13. The molecular formula is C19H17Cl2N3O3S2. The third-order valence-electron chi connectivity index (χ3n) is 4.65. The molecule has 0 aliphatic carbocycles. The van der Waals surface area contributed by atoms with Crippen LogP contribution in [0.4, 0.5) is 11.4 Å². The van der Waals surface area contributed by atoms with Gasteiger partial charge in [0, 0.05) is 21.4 Å². The van der Waals surface area contributed by atoms with E-state index in [-0.39, 0.29) is 35.2 Å². The lowest BCUT2D eigenvalue weighted by Gasteiger charge is -2.26. The highest BCUT2D eigenvalue weighted by Crippen LogP contribution is 2.35. The Morgan fingerprint density at radius 2 is 1.90 bits per heavy atom. The number of hydrogen-bond donors (Lipinski definition) is 1. The lowest BCUT2D eigenvalue weighted by atomic mass is 10.1. The molecule has 2 aliphatic heterocycles. The summed E-state index contributed by atoms with van der Waals surface area (Å²) in [4.78, 5) is 18.9. The highest BCUT2D eigenvalue weighted by Gasteiger charge is 2.47. The maximum absolute atomic E-state index is 12.4. The second kappa shape index (κ2) is 8.18. The quantitative estimate of drug-likeness (QED) is 0.737. The van der Waals surface area contributed by atoms with Crippen molar-refractivity contribution in [3.8, 4) is 0 Å². The molecule has 29 heavy (non-hydrogen) atoms. The van der Waals surface area contributed by atoms with Gasteiger partial charge in [-0.1, -0.05) is 41.0 Å². The molecule has 0 spiro atoms. The monoisotopic (exact) mass is 469 g/mol. The molecule has 2 heterocycles. The topological polar surface area (TPSA) is 78.8 Å². The summed E-state index contributed by atoms with van der Waals surface area (Å²) in [6.45, 7) is 0. The van der Waals surface area contributed by atoms with Crippen molar-refractivity contribution < 1.29 is 13.2 Å². The Hall–Kier alpha value is -1.74. The molecule has 2 aromatic rings. The standard InChI is InChI=1S/C19H17Cl2N3O3S2/c20-12-4-6-15(7-5-12)24-17-11-29(26,27)10-16(17)23-19(24)28-9-18(25)22-14-3-1-2-13(21)8-14/h1-8,16-17H,9-11H2,(H,22,25). The molecule has 0 aromatic heterocycles. The summed E-state index contributed by atoms with van der Waals surface area (Å²) in [5.74, 6) is 0.0192. The third kappa shape index (κ3) is 4.71. The molecule has 1 fully saturated rings. The minimum absolute atomic E-state index is 0.0283. The SMILES string of the molecule is O=C(CSC1=NC2CS(=O)(=O)CC2N1c1ccc(Cl)cc1)Nc1cccc(Cl)c1. The molecule has 1 N–H and O–H groups in total. The maximum atomic E-state index is 12.4. The van der Waals surface area contributed by atoms with Gasteiger partial charge >= 0.3 is 0 Å². The largest absolute Gasteiger partial charge is 0.325 e. The summed E-state index contributed by atoms with van der Waals surface area (Å²) in [6, 6.07) is 13.5. The average molecular weight is 470 g/mol. The van der Waals surface area contributed by atoms with Crippen LogP contribution in [0.15, 0.2) is 53.5 Å². The Labute approximate surface area is 183 Å². The van der Waals surface area contributed by atoms with E-state index in [0.717, 1.165) is 5.69 Å². The number of amides is 1. The van der Waals surface area contributed by atoms with Gasteiger partial charge in [-0.15, -0.1) is 0 Å². The second-order valence-corrected chi connectivity index (χ2v) is 10.8. The van der Waals surface area contributed by atoms with Gasteiger partial charge in [-0.2, -0.15) is 0 Å². The number of thioether (sulfide) groups is 1.